The van der Waals surface area contributed by atoms with Gasteiger partial charge in [-0.05, 0) is 42.5 Å². The van der Waals surface area contributed by atoms with Gasteiger partial charge in [-0.3, -0.25) is 4.79 Å². The number of hydrogen-bond donors (Lipinski definition) is 1. The monoisotopic (exact) mass is 349 g/mol. The lowest BCUT2D eigenvalue weighted by Gasteiger charge is -2.18. The molecule has 0 bridgehead atoms. The van der Waals surface area contributed by atoms with Crippen molar-refractivity contribution in [1.29, 1.82) is 0 Å². The lowest BCUT2D eigenvalue weighted by Crippen LogP contribution is -2.28. The summed E-state index contributed by atoms with van der Waals surface area (Å²) in [6.45, 7) is 13.7. The highest BCUT2D eigenvalue weighted by molar-refractivity contribution is 5.82. The van der Waals surface area contributed by atoms with Gasteiger partial charge in [0.2, 0.25) is 5.91 Å². The van der Waals surface area contributed by atoms with Gasteiger partial charge in [0.25, 0.3) is 0 Å². The fourth-order valence-corrected chi connectivity index (χ4v) is 2.62. The lowest BCUT2D eigenvalue weighted by atomic mass is 10.0. The fraction of sp³-hybridized carbons (Fsp3) is 0.619. The minimum Gasteiger partial charge on any atom is -0.366 e. The van der Waals surface area contributed by atoms with Gasteiger partial charge in [-0.15, -0.1) is 0 Å². The average Bonchev–Trinajstić information content (AvgIpc) is 2.86. The summed E-state index contributed by atoms with van der Waals surface area (Å²) in [4.78, 5) is 18.0. The maximum atomic E-state index is 11.4. The quantitative estimate of drug-likeness (QED) is 0.577. The third-order valence-electron chi connectivity index (χ3n) is 3.87. The van der Waals surface area contributed by atoms with E-state index in [1.54, 1.807) is 6.92 Å². The minimum atomic E-state index is 0. The van der Waals surface area contributed by atoms with Gasteiger partial charge in [-0.1, -0.05) is 48.1 Å². The maximum absolute atomic E-state index is 11.4. The summed E-state index contributed by atoms with van der Waals surface area (Å²) in [5, 5.41) is 3.05. The Kier molecular flexibility index (Phi) is 12.7. The molecule has 2 unspecified atom stereocenters. The number of nitrogens with one attached hydrogen (secondary N) is 1. The standard InChI is InChI=1S/C16H23N3O.2C2H6.CH4/c1-10-8-13-6-7-14(17-11(2)19(4)5)9-15(13)16(10)18-12(3)20;2*1-2;/h6-7,9-10,16H,8H2,1-5H3,(H,18,20);2*1-2H3;1H4. The van der Waals surface area contributed by atoms with E-state index in [1.165, 1.54) is 11.1 Å². The van der Waals surface area contributed by atoms with Crippen molar-refractivity contribution in [2.75, 3.05) is 14.1 Å². The number of rotatable bonds is 2. The zero-order valence-electron chi connectivity index (χ0n) is 16.9. The molecular formula is C21H39N3O. The summed E-state index contributed by atoms with van der Waals surface area (Å²) < 4.78 is 0. The number of carbonyl (C=O) groups is 1. The summed E-state index contributed by atoms with van der Waals surface area (Å²) in [6.07, 6.45) is 1.01. The number of amides is 1. The number of aliphatic imine (C=N–C) groups is 1. The molecule has 25 heavy (non-hydrogen) atoms. The van der Waals surface area contributed by atoms with Crippen molar-refractivity contribution in [3.8, 4) is 0 Å². The third-order valence-corrected chi connectivity index (χ3v) is 3.87. The van der Waals surface area contributed by atoms with Gasteiger partial charge in [0.15, 0.2) is 0 Å². The Morgan fingerprint density at radius 2 is 1.72 bits per heavy atom. The van der Waals surface area contributed by atoms with Crippen molar-refractivity contribution in [2.24, 2.45) is 10.9 Å². The van der Waals surface area contributed by atoms with Crippen LogP contribution in [0.5, 0.6) is 0 Å². The minimum absolute atomic E-state index is 0. The van der Waals surface area contributed by atoms with E-state index in [0.717, 1.165) is 17.9 Å². The van der Waals surface area contributed by atoms with Crippen LogP contribution in [0.2, 0.25) is 0 Å². The van der Waals surface area contributed by atoms with Crippen LogP contribution in [0.3, 0.4) is 0 Å². The van der Waals surface area contributed by atoms with Gasteiger partial charge in [0, 0.05) is 21.0 Å². The molecule has 2 atom stereocenters. The van der Waals surface area contributed by atoms with E-state index in [2.05, 4.69) is 35.4 Å². The van der Waals surface area contributed by atoms with Crippen molar-refractivity contribution < 1.29 is 4.79 Å². The van der Waals surface area contributed by atoms with Crippen LogP contribution < -0.4 is 5.32 Å². The van der Waals surface area contributed by atoms with Gasteiger partial charge in [-0.25, -0.2) is 4.99 Å². The molecule has 1 N–H and O–H groups in total. The Morgan fingerprint density at radius 1 is 1.16 bits per heavy atom. The maximum Gasteiger partial charge on any atom is 0.217 e. The molecule has 2 rings (SSSR count). The summed E-state index contributed by atoms with van der Waals surface area (Å²) >= 11 is 0. The number of carbonyl (C=O) groups excluding carboxylic acids is 1. The molecule has 0 aliphatic heterocycles. The van der Waals surface area contributed by atoms with E-state index in [9.17, 15) is 4.79 Å². The summed E-state index contributed by atoms with van der Waals surface area (Å²) in [5.74, 6) is 1.42. The van der Waals surface area contributed by atoms with Crippen LogP contribution in [0.25, 0.3) is 0 Å². The first-order chi connectivity index (χ1) is 11.4. The second-order valence-corrected chi connectivity index (χ2v) is 5.80. The first kappa shape index (κ1) is 25.4. The van der Waals surface area contributed by atoms with Crippen LogP contribution in [0.4, 0.5) is 5.69 Å². The first-order valence-corrected chi connectivity index (χ1v) is 9.01. The van der Waals surface area contributed by atoms with E-state index >= 15 is 0 Å². The molecule has 0 radical (unpaired) electrons. The van der Waals surface area contributed by atoms with Crippen molar-refractivity contribution in [3.05, 3.63) is 29.3 Å². The summed E-state index contributed by atoms with van der Waals surface area (Å²) in [5.41, 5.74) is 3.47. The Labute approximate surface area is 155 Å². The summed E-state index contributed by atoms with van der Waals surface area (Å²) in [6, 6.07) is 6.40. The molecule has 4 heteroatoms. The van der Waals surface area contributed by atoms with Crippen LogP contribution in [0, 0.1) is 5.92 Å². The van der Waals surface area contributed by atoms with E-state index in [4.69, 9.17) is 0 Å². The van der Waals surface area contributed by atoms with Gasteiger partial charge in [0.05, 0.1) is 11.7 Å². The molecule has 0 heterocycles. The van der Waals surface area contributed by atoms with Crippen LogP contribution in [0.15, 0.2) is 23.2 Å². The van der Waals surface area contributed by atoms with Crippen LogP contribution in [0.1, 0.15) is 73.1 Å². The van der Waals surface area contributed by atoms with Crippen molar-refractivity contribution in [1.82, 2.24) is 10.2 Å². The molecule has 4 nitrogen and oxygen atoms in total. The highest BCUT2D eigenvalue weighted by atomic mass is 16.1. The molecule has 144 valence electrons. The molecule has 1 aliphatic carbocycles. The Morgan fingerprint density at radius 3 is 2.20 bits per heavy atom. The highest BCUT2D eigenvalue weighted by Gasteiger charge is 2.30. The number of fused-ring (bicyclic) bond motifs is 1. The predicted molar refractivity (Wildman–Crippen MR) is 112 cm³/mol. The SMILES string of the molecule is C.CC.CC.CC(=O)NC1c2cc(N=C(C)N(C)C)ccc2CC1C. The third kappa shape index (κ3) is 7.29. The average molecular weight is 350 g/mol. The number of amidine groups is 1. The van der Waals surface area contributed by atoms with Crippen LogP contribution in [-0.2, 0) is 11.2 Å². The molecule has 1 amide bonds. The van der Waals surface area contributed by atoms with Gasteiger partial charge >= 0.3 is 0 Å². The lowest BCUT2D eigenvalue weighted by molar-refractivity contribution is -0.120. The van der Waals surface area contributed by atoms with E-state index < -0.39 is 0 Å². The summed E-state index contributed by atoms with van der Waals surface area (Å²) in [7, 11) is 3.96. The zero-order valence-corrected chi connectivity index (χ0v) is 16.9. The molecular weight excluding hydrogens is 310 g/mol. The smallest absolute Gasteiger partial charge is 0.217 e. The van der Waals surface area contributed by atoms with Crippen molar-refractivity contribution in [3.63, 3.8) is 0 Å². The Hall–Kier alpha value is -1.84. The van der Waals surface area contributed by atoms with Gasteiger partial charge in [-0.2, -0.15) is 0 Å². The van der Waals surface area contributed by atoms with Crippen LogP contribution >= 0.6 is 0 Å². The second kappa shape index (κ2) is 12.5. The van der Waals surface area contributed by atoms with Gasteiger partial charge in [0.1, 0.15) is 5.84 Å². The molecule has 1 aromatic carbocycles. The van der Waals surface area contributed by atoms with E-state index in [-0.39, 0.29) is 19.4 Å². The van der Waals surface area contributed by atoms with Gasteiger partial charge < -0.3 is 10.2 Å². The molecule has 0 saturated carbocycles. The Balaban J connectivity index is 0. The number of nitrogens with zero attached hydrogens (tertiary/aromatic N) is 2. The number of benzene rings is 1. The fourth-order valence-electron chi connectivity index (χ4n) is 2.62. The number of hydrogen-bond acceptors (Lipinski definition) is 2. The Bertz CT molecular complexity index is 550. The van der Waals surface area contributed by atoms with Crippen molar-refractivity contribution in [2.45, 2.75) is 68.4 Å². The molecule has 1 aromatic rings. The van der Waals surface area contributed by atoms with Crippen LogP contribution in [-0.4, -0.2) is 30.7 Å². The highest BCUT2D eigenvalue weighted by Crippen LogP contribution is 2.37. The van der Waals surface area contributed by atoms with Crippen molar-refractivity contribution >= 4 is 17.4 Å². The topological polar surface area (TPSA) is 44.7 Å². The molecule has 0 spiro atoms. The molecule has 1 aliphatic rings. The molecule has 0 aromatic heterocycles. The molecule has 0 saturated heterocycles. The molecule has 0 fully saturated rings. The predicted octanol–water partition coefficient (Wildman–Crippen LogP) is 5.36. The first-order valence-electron chi connectivity index (χ1n) is 9.01. The normalized spacial score (nSPS) is 17.7. The van der Waals surface area contributed by atoms with E-state index in [1.807, 2.05) is 53.6 Å². The largest absolute Gasteiger partial charge is 0.366 e. The van der Waals surface area contributed by atoms with E-state index in [0.29, 0.717) is 5.92 Å². The second-order valence-electron chi connectivity index (χ2n) is 5.80. The zero-order chi connectivity index (χ0) is 18.9.